The summed E-state index contributed by atoms with van der Waals surface area (Å²) in [6.45, 7) is 5.69. The molecule has 0 bridgehead atoms. The lowest BCUT2D eigenvalue weighted by Gasteiger charge is -2.37. The van der Waals surface area contributed by atoms with E-state index in [-0.39, 0.29) is 18.6 Å². The van der Waals surface area contributed by atoms with Crippen LogP contribution in [0.15, 0.2) is 12.3 Å². The molecule has 0 aliphatic carbocycles. The number of carbonyl (C=O) groups is 1. The van der Waals surface area contributed by atoms with Crippen LogP contribution >= 0.6 is 0 Å². The number of piperidine rings is 1. The van der Waals surface area contributed by atoms with Crippen molar-refractivity contribution in [1.29, 1.82) is 0 Å². The van der Waals surface area contributed by atoms with E-state index in [9.17, 15) is 4.79 Å². The highest BCUT2D eigenvalue weighted by Gasteiger charge is 2.34. The van der Waals surface area contributed by atoms with Crippen molar-refractivity contribution in [2.45, 2.75) is 26.0 Å². The van der Waals surface area contributed by atoms with E-state index in [1.165, 1.54) is 0 Å². The number of carbonyl (C=O) groups excluding carboxylic acids is 1. The summed E-state index contributed by atoms with van der Waals surface area (Å²) in [6, 6.07) is 1.97. The van der Waals surface area contributed by atoms with Gasteiger partial charge in [-0.05, 0) is 19.4 Å². The van der Waals surface area contributed by atoms with Gasteiger partial charge in [0, 0.05) is 45.3 Å². The van der Waals surface area contributed by atoms with Crippen LogP contribution in [-0.4, -0.2) is 65.1 Å². The first-order valence-electron chi connectivity index (χ1n) is 7.48. The zero-order chi connectivity index (χ0) is 14.8. The second kappa shape index (κ2) is 6.07. The van der Waals surface area contributed by atoms with Crippen LogP contribution in [0.4, 0.5) is 0 Å². The number of aryl methyl sites for hydroxylation is 1. The third kappa shape index (κ3) is 3.39. The van der Waals surface area contributed by atoms with Crippen molar-refractivity contribution in [1.82, 2.24) is 19.8 Å². The second-order valence-corrected chi connectivity index (χ2v) is 6.00. The van der Waals surface area contributed by atoms with Crippen LogP contribution in [0.1, 0.15) is 17.9 Å². The summed E-state index contributed by atoms with van der Waals surface area (Å²) in [7, 11) is 1.86. The van der Waals surface area contributed by atoms with Crippen molar-refractivity contribution in [3.63, 3.8) is 0 Å². The first-order valence-corrected chi connectivity index (χ1v) is 7.48. The Hall–Kier alpha value is -1.53. The largest absolute Gasteiger partial charge is 0.368 e. The summed E-state index contributed by atoms with van der Waals surface area (Å²) >= 11 is 0. The minimum atomic E-state index is 0.0855. The van der Waals surface area contributed by atoms with Crippen molar-refractivity contribution >= 4 is 5.91 Å². The number of nitrogens with zero attached hydrogens (tertiary/aromatic N) is 4. The molecule has 0 aromatic carbocycles. The first-order chi connectivity index (χ1) is 10.1. The summed E-state index contributed by atoms with van der Waals surface area (Å²) in [6.07, 6.45) is 3.00. The molecule has 2 aliphatic heterocycles. The molecule has 0 N–H and O–H groups in total. The maximum Gasteiger partial charge on any atom is 0.248 e. The highest BCUT2D eigenvalue weighted by Crippen LogP contribution is 2.24. The second-order valence-electron chi connectivity index (χ2n) is 6.00. The maximum absolute atomic E-state index is 11.7. The quantitative estimate of drug-likeness (QED) is 0.792. The van der Waals surface area contributed by atoms with E-state index in [4.69, 9.17) is 4.74 Å². The lowest BCUT2D eigenvalue weighted by molar-refractivity contribution is -0.133. The van der Waals surface area contributed by atoms with Gasteiger partial charge in [-0.15, -0.1) is 0 Å². The van der Waals surface area contributed by atoms with Gasteiger partial charge >= 0.3 is 0 Å². The SMILES string of the molecule is Cc1nccc(CN2CC[C@@H]3OCC(=O)N(C)C[C@H]3C2)n1. The average Bonchev–Trinajstić information content (AvgIpc) is 2.59. The van der Waals surface area contributed by atoms with Crippen molar-refractivity contribution < 1.29 is 9.53 Å². The Balaban J connectivity index is 1.64. The molecule has 3 rings (SSSR count). The number of likely N-dealkylation sites (tertiary alicyclic amines) is 1. The average molecular weight is 290 g/mol. The lowest BCUT2D eigenvalue weighted by Crippen LogP contribution is -2.46. The van der Waals surface area contributed by atoms with E-state index in [0.717, 1.165) is 44.1 Å². The first kappa shape index (κ1) is 14.4. The van der Waals surface area contributed by atoms with Crippen molar-refractivity contribution in [2.24, 2.45) is 5.92 Å². The summed E-state index contributed by atoms with van der Waals surface area (Å²) in [5.74, 6) is 1.28. The molecule has 2 fully saturated rings. The predicted octanol–water partition coefficient (Wildman–Crippen LogP) is 0.464. The fourth-order valence-corrected chi connectivity index (χ4v) is 3.19. The van der Waals surface area contributed by atoms with Crippen LogP contribution in [0.5, 0.6) is 0 Å². The van der Waals surface area contributed by atoms with Crippen LogP contribution in [0.3, 0.4) is 0 Å². The van der Waals surface area contributed by atoms with E-state index < -0.39 is 0 Å². The summed E-state index contributed by atoms with van der Waals surface area (Å²) < 4.78 is 5.76. The zero-order valence-electron chi connectivity index (χ0n) is 12.7. The van der Waals surface area contributed by atoms with E-state index in [1.54, 1.807) is 4.90 Å². The van der Waals surface area contributed by atoms with Gasteiger partial charge in [0.15, 0.2) is 0 Å². The molecular formula is C15H22N4O2. The number of ether oxygens (including phenoxy) is 1. The molecule has 21 heavy (non-hydrogen) atoms. The molecule has 2 saturated heterocycles. The maximum atomic E-state index is 11.7. The van der Waals surface area contributed by atoms with Crippen LogP contribution < -0.4 is 0 Å². The van der Waals surface area contributed by atoms with Crippen LogP contribution in [0.25, 0.3) is 0 Å². The topological polar surface area (TPSA) is 58.6 Å². The van der Waals surface area contributed by atoms with Gasteiger partial charge in [-0.3, -0.25) is 9.69 Å². The van der Waals surface area contributed by atoms with Gasteiger partial charge in [0.1, 0.15) is 12.4 Å². The van der Waals surface area contributed by atoms with Gasteiger partial charge in [0.25, 0.3) is 0 Å². The van der Waals surface area contributed by atoms with Crippen LogP contribution in [-0.2, 0) is 16.1 Å². The zero-order valence-corrected chi connectivity index (χ0v) is 12.7. The summed E-state index contributed by atoms with van der Waals surface area (Å²) in [4.78, 5) is 24.5. The standard InChI is InChI=1S/C15H22N4O2/c1-11-16-5-3-13(17-11)9-19-6-4-14-12(8-19)7-18(2)15(20)10-21-14/h3,5,12,14H,4,6-10H2,1-2H3/t12-,14-/m0/s1. The number of aromatic nitrogens is 2. The van der Waals surface area contributed by atoms with E-state index in [2.05, 4.69) is 14.9 Å². The number of fused-ring (bicyclic) bond motifs is 1. The monoisotopic (exact) mass is 290 g/mol. The number of hydrogen-bond acceptors (Lipinski definition) is 5. The molecule has 0 radical (unpaired) electrons. The third-order valence-electron chi connectivity index (χ3n) is 4.32. The minimum Gasteiger partial charge on any atom is -0.368 e. The van der Waals surface area contributed by atoms with Crippen LogP contribution in [0, 0.1) is 12.8 Å². The van der Waals surface area contributed by atoms with E-state index in [0.29, 0.717) is 5.92 Å². The van der Waals surface area contributed by atoms with Crippen molar-refractivity contribution in [3.05, 3.63) is 23.8 Å². The van der Waals surface area contributed by atoms with Gasteiger partial charge in [-0.1, -0.05) is 0 Å². The Labute approximate surface area is 125 Å². The number of amides is 1. The Morgan fingerprint density at radius 1 is 1.43 bits per heavy atom. The van der Waals surface area contributed by atoms with Gasteiger partial charge in [0.05, 0.1) is 11.8 Å². The molecule has 114 valence electrons. The van der Waals surface area contributed by atoms with E-state index in [1.807, 2.05) is 26.2 Å². The Bertz CT molecular complexity index is 522. The summed E-state index contributed by atoms with van der Waals surface area (Å²) in [5, 5.41) is 0. The van der Waals surface area contributed by atoms with Gasteiger partial charge in [0.2, 0.25) is 5.91 Å². The minimum absolute atomic E-state index is 0.0855. The molecule has 2 atom stereocenters. The van der Waals surface area contributed by atoms with Gasteiger partial charge in [-0.2, -0.15) is 0 Å². The van der Waals surface area contributed by atoms with E-state index >= 15 is 0 Å². The Morgan fingerprint density at radius 3 is 3.10 bits per heavy atom. The predicted molar refractivity (Wildman–Crippen MR) is 77.5 cm³/mol. The van der Waals surface area contributed by atoms with Crippen molar-refractivity contribution in [3.8, 4) is 0 Å². The number of likely N-dealkylation sites (N-methyl/N-ethyl adjacent to an activating group) is 1. The smallest absolute Gasteiger partial charge is 0.248 e. The number of rotatable bonds is 2. The lowest BCUT2D eigenvalue weighted by atomic mass is 9.94. The van der Waals surface area contributed by atoms with Gasteiger partial charge < -0.3 is 9.64 Å². The fraction of sp³-hybridized carbons (Fsp3) is 0.667. The Morgan fingerprint density at radius 2 is 2.29 bits per heavy atom. The third-order valence-corrected chi connectivity index (χ3v) is 4.32. The highest BCUT2D eigenvalue weighted by molar-refractivity contribution is 5.77. The number of hydrogen-bond donors (Lipinski definition) is 0. The molecule has 1 aromatic rings. The van der Waals surface area contributed by atoms with Crippen molar-refractivity contribution in [2.75, 3.05) is 33.3 Å². The molecule has 6 heteroatoms. The normalized spacial score (nSPS) is 27.3. The molecule has 0 saturated carbocycles. The Kier molecular flexibility index (Phi) is 4.17. The molecule has 1 amide bonds. The fourth-order valence-electron chi connectivity index (χ4n) is 3.19. The molecular weight excluding hydrogens is 268 g/mol. The molecule has 0 unspecified atom stereocenters. The molecule has 0 spiro atoms. The molecule has 6 nitrogen and oxygen atoms in total. The molecule has 2 aliphatic rings. The summed E-state index contributed by atoms with van der Waals surface area (Å²) in [5.41, 5.74) is 1.06. The molecule has 1 aromatic heterocycles. The van der Waals surface area contributed by atoms with Crippen LogP contribution in [0.2, 0.25) is 0 Å². The highest BCUT2D eigenvalue weighted by atomic mass is 16.5. The van der Waals surface area contributed by atoms with Gasteiger partial charge in [-0.25, -0.2) is 9.97 Å². The molecule has 3 heterocycles.